The van der Waals surface area contributed by atoms with Crippen LogP contribution in [0.5, 0.6) is 0 Å². The number of halogens is 1. The minimum atomic E-state index is -0.826. The molecule has 4 saturated carbocycles. The molecule has 5 aliphatic rings. The van der Waals surface area contributed by atoms with Crippen molar-refractivity contribution in [3.8, 4) is 0 Å². The number of rotatable bonds is 6. The Bertz CT molecular complexity index is 1480. The highest BCUT2D eigenvalue weighted by atomic mass is 35.5. The molecule has 0 spiro atoms. The molecule has 41 heavy (non-hydrogen) atoms. The molecule has 8 rings (SSSR count). The summed E-state index contributed by atoms with van der Waals surface area (Å²) in [6.07, 6.45) is 7.94. The van der Waals surface area contributed by atoms with E-state index in [1.807, 2.05) is 36.4 Å². The molecule has 3 aromatic rings. The molecule has 2 heterocycles. The Morgan fingerprint density at radius 1 is 0.976 bits per heavy atom. The quantitative estimate of drug-likeness (QED) is 0.297. The zero-order valence-corrected chi connectivity index (χ0v) is 24.0. The summed E-state index contributed by atoms with van der Waals surface area (Å²) in [4.78, 5) is 44.4. The summed E-state index contributed by atoms with van der Waals surface area (Å²) in [5.74, 6) is 0.965. The number of aromatic nitrogens is 1. The number of hydrogen-bond acceptors (Lipinski definition) is 5. The van der Waals surface area contributed by atoms with Crippen molar-refractivity contribution in [3.63, 3.8) is 0 Å². The number of carbonyl (C=O) groups is 3. The van der Waals surface area contributed by atoms with Gasteiger partial charge >= 0.3 is 11.9 Å². The number of para-hydroxylation sites is 1. The third-order valence-electron chi connectivity index (χ3n) is 10.1. The van der Waals surface area contributed by atoms with Gasteiger partial charge in [0.15, 0.2) is 0 Å². The maximum atomic E-state index is 13.2. The number of alkyl halides is 1. The maximum Gasteiger partial charge on any atom is 0.338 e. The summed E-state index contributed by atoms with van der Waals surface area (Å²) in [5.41, 5.74) is 4.13. The highest BCUT2D eigenvalue weighted by Gasteiger charge is 2.51. The number of fused-ring (bicyclic) bond motifs is 3. The Morgan fingerprint density at radius 3 is 2.27 bits per heavy atom. The average Bonchev–Trinajstić information content (AvgIpc) is 3.36. The van der Waals surface area contributed by atoms with Gasteiger partial charge in [0.05, 0.1) is 25.3 Å². The number of amides is 1. The Labute approximate surface area is 244 Å². The number of aromatic amines is 1. The number of methoxy groups -OCH3 is 1. The van der Waals surface area contributed by atoms with Crippen LogP contribution in [0.3, 0.4) is 0 Å². The first-order valence-electron chi connectivity index (χ1n) is 14.7. The lowest BCUT2D eigenvalue weighted by Crippen LogP contribution is -2.52. The van der Waals surface area contributed by atoms with Crippen molar-refractivity contribution in [2.75, 3.05) is 19.6 Å². The second kappa shape index (κ2) is 10.2. The monoisotopic (exact) mass is 574 g/mol. The van der Waals surface area contributed by atoms with E-state index < -0.39 is 18.1 Å². The first kappa shape index (κ1) is 26.6. The van der Waals surface area contributed by atoms with E-state index in [-0.39, 0.29) is 23.2 Å². The van der Waals surface area contributed by atoms with Gasteiger partial charge in [0.25, 0.3) is 0 Å². The van der Waals surface area contributed by atoms with Gasteiger partial charge in [-0.1, -0.05) is 30.3 Å². The summed E-state index contributed by atoms with van der Waals surface area (Å²) < 4.78 is 11.1. The first-order valence-corrected chi connectivity index (χ1v) is 15.2. The van der Waals surface area contributed by atoms with E-state index >= 15 is 0 Å². The van der Waals surface area contributed by atoms with Crippen LogP contribution in [0.1, 0.15) is 71.7 Å². The van der Waals surface area contributed by atoms with Crippen molar-refractivity contribution in [3.05, 3.63) is 70.9 Å². The fraction of sp³-hybridized carbons (Fsp3) is 0.485. The molecule has 7 nitrogen and oxygen atoms in total. The summed E-state index contributed by atoms with van der Waals surface area (Å²) in [6, 6.07) is 13.7. The van der Waals surface area contributed by atoms with Crippen molar-refractivity contribution in [2.24, 2.45) is 23.2 Å². The van der Waals surface area contributed by atoms with E-state index in [9.17, 15) is 14.4 Å². The van der Waals surface area contributed by atoms with Crippen molar-refractivity contribution >= 4 is 40.3 Å². The number of nitrogens with zero attached hydrogens (tertiary/aromatic N) is 1. The number of benzene rings is 2. The molecular formula is C33H35ClN2O5. The number of esters is 2. The fourth-order valence-electron chi connectivity index (χ4n) is 8.90. The molecule has 4 bridgehead atoms. The van der Waals surface area contributed by atoms with Crippen LogP contribution in [0.2, 0.25) is 0 Å². The molecule has 1 N–H and O–H groups in total. The van der Waals surface area contributed by atoms with Crippen molar-refractivity contribution in [1.82, 2.24) is 9.88 Å². The van der Waals surface area contributed by atoms with E-state index in [1.54, 1.807) is 12.1 Å². The van der Waals surface area contributed by atoms with Crippen LogP contribution in [-0.4, -0.2) is 53.4 Å². The topological polar surface area (TPSA) is 88.7 Å². The third kappa shape index (κ3) is 4.53. The van der Waals surface area contributed by atoms with Gasteiger partial charge in [0, 0.05) is 28.4 Å². The number of nitrogens with one attached hydrogen (secondary N) is 1. The lowest BCUT2D eigenvalue weighted by molar-refractivity contribution is -0.154. The highest BCUT2D eigenvalue weighted by Crippen LogP contribution is 2.60. The predicted octanol–water partition coefficient (Wildman–Crippen LogP) is 5.80. The minimum absolute atomic E-state index is 0.157. The van der Waals surface area contributed by atoms with Gasteiger partial charge < -0.3 is 19.4 Å². The van der Waals surface area contributed by atoms with E-state index in [2.05, 4.69) is 4.98 Å². The lowest BCUT2D eigenvalue weighted by atomic mass is 9.50. The number of hydrogen-bond donors (Lipinski definition) is 1. The number of ether oxygens (including phenoxy) is 2. The zero-order chi connectivity index (χ0) is 28.3. The zero-order valence-electron chi connectivity index (χ0n) is 23.2. The van der Waals surface area contributed by atoms with E-state index in [0.717, 1.165) is 45.5 Å². The number of H-pyrrole nitrogens is 1. The molecule has 4 fully saturated rings. The predicted molar refractivity (Wildman–Crippen MR) is 155 cm³/mol. The Kier molecular flexibility index (Phi) is 6.61. The van der Waals surface area contributed by atoms with Crippen LogP contribution >= 0.6 is 11.6 Å². The maximum absolute atomic E-state index is 13.2. The number of carbonyl (C=O) groups excluding carboxylic acids is 3. The van der Waals surface area contributed by atoms with Crippen LogP contribution in [0.15, 0.2) is 48.5 Å². The van der Waals surface area contributed by atoms with Crippen LogP contribution in [0.25, 0.3) is 10.9 Å². The Hall–Kier alpha value is -3.32. The first-order chi connectivity index (χ1) is 19.9. The second-order valence-electron chi connectivity index (χ2n) is 12.8. The lowest BCUT2D eigenvalue weighted by Gasteiger charge is -2.56. The minimum Gasteiger partial charge on any atom is -0.467 e. The van der Waals surface area contributed by atoms with E-state index in [1.165, 1.54) is 50.5 Å². The van der Waals surface area contributed by atoms with E-state index in [4.69, 9.17) is 21.1 Å². The van der Waals surface area contributed by atoms with Gasteiger partial charge in [0.1, 0.15) is 11.9 Å². The van der Waals surface area contributed by atoms with Crippen molar-refractivity contribution in [2.45, 2.75) is 57.0 Å². The van der Waals surface area contributed by atoms with Crippen LogP contribution in [-0.2, 0) is 25.5 Å². The van der Waals surface area contributed by atoms with Gasteiger partial charge in [0.2, 0.25) is 5.91 Å². The largest absolute Gasteiger partial charge is 0.467 e. The highest BCUT2D eigenvalue weighted by molar-refractivity contribution is 6.27. The molecule has 1 aromatic heterocycles. The summed E-state index contributed by atoms with van der Waals surface area (Å²) in [7, 11) is 1.33. The third-order valence-corrected chi connectivity index (χ3v) is 10.4. The fourth-order valence-corrected chi connectivity index (χ4v) is 9.04. The summed E-state index contributed by atoms with van der Waals surface area (Å²) in [6.45, 7) is 0.497. The molecule has 0 unspecified atom stereocenters. The Morgan fingerprint density at radius 2 is 1.63 bits per heavy atom. The van der Waals surface area contributed by atoms with Crippen LogP contribution in [0.4, 0.5) is 0 Å². The molecule has 0 saturated heterocycles. The molecule has 214 valence electrons. The van der Waals surface area contributed by atoms with Gasteiger partial charge in [-0.05, 0) is 85.6 Å². The van der Waals surface area contributed by atoms with Crippen molar-refractivity contribution in [1.29, 1.82) is 0 Å². The van der Waals surface area contributed by atoms with Gasteiger partial charge in [-0.25, -0.2) is 9.59 Å². The second-order valence-corrected chi connectivity index (χ2v) is 13.0. The SMILES string of the molecule is COC(=O)[C@H]1Cc2c([nH]c3ccccc23)[C@H](c2ccc(C(=O)OCC34CC5CC(CC(C5)C3)C4)cc2)N1C(=O)CCl. The molecule has 8 heteroatoms. The molecule has 4 aliphatic carbocycles. The van der Waals surface area contributed by atoms with Gasteiger partial charge in [-0.2, -0.15) is 0 Å². The summed E-state index contributed by atoms with van der Waals surface area (Å²) in [5, 5.41) is 1.00. The van der Waals surface area contributed by atoms with Gasteiger partial charge in [-0.15, -0.1) is 11.6 Å². The Balaban J connectivity index is 1.18. The summed E-state index contributed by atoms with van der Waals surface area (Å²) >= 11 is 6.06. The molecule has 2 atom stereocenters. The van der Waals surface area contributed by atoms with Crippen LogP contribution < -0.4 is 0 Å². The molecule has 1 aliphatic heterocycles. The smallest absolute Gasteiger partial charge is 0.338 e. The standard InChI is InChI=1S/C33H35ClN2O5/c1-40-32(39)27-13-25-24-4-2-3-5-26(24)35-29(25)30(36(27)28(37)17-34)22-6-8-23(9-7-22)31(38)41-18-33-14-19-10-20(15-33)12-21(11-19)16-33/h2-9,19-21,27,30,35H,10-18H2,1H3/t19?,20?,21?,27-,30+,33?/m1/s1. The molecule has 2 aromatic carbocycles. The molecule has 0 radical (unpaired) electrons. The molecule has 1 amide bonds. The normalized spacial score (nSPS) is 29.8. The van der Waals surface area contributed by atoms with Crippen LogP contribution in [0, 0.1) is 23.2 Å². The van der Waals surface area contributed by atoms with Crippen molar-refractivity contribution < 1.29 is 23.9 Å². The average molecular weight is 575 g/mol. The van der Waals surface area contributed by atoms with Gasteiger partial charge in [-0.3, -0.25) is 4.79 Å². The van der Waals surface area contributed by atoms with E-state index in [0.29, 0.717) is 18.6 Å². The molecular weight excluding hydrogens is 540 g/mol.